The van der Waals surface area contributed by atoms with Gasteiger partial charge in [0, 0.05) is 31.9 Å². The third kappa shape index (κ3) is 4.64. The van der Waals surface area contributed by atoms with Crippen LogP contribution in [0.1, 0.15) is 6.92 Å². The van der Waals surface area contributed by atoms with Gasteiger partial charge in [0.05, 0.1) is 12.7 Å². The van der Waals surface area contributed by atoms with E-state index in [2.05, 4.69) is 17.1 Å². The Morgan fingerprint density at radius 2 is 2.43 bits per heavy atom. The highest BCUT2D eigenvalue weighted by Gasteiger charge is 2.18. The molecule has 0 bridgehead atoms. The molecule has 1 aliphatic heterocycles. The van der Waals surface area contributed by atoms with Crippen LogP contribution < -0.4 is 5.32 Å². The molecule has 0 spiro atoms. The average Bonchev–Trinajstić information content (AvgIpc) is 2.19. The minimum atomic E-state index is 0.389. The standard InChI is InChI=1S/C10H22N2OS/c1-3-14-7-5-12-4-6-13-10(9-12)8-11-2/h10-11H,3-9H2,1-2H3. The van der Waals surface area contributed by atoms with Crippen molar-refractivity contribution in [2.75, 3.05) is 51.3 Å². The number of ether oxygens (including phenoxy) is 1. The Hall–Kier alpha value is 0.230. The summed E-state index contributed by atoms with van der Waals surface area (Å²) in [5.41, 5.74) is 0. The minimum Gasteiger partial charge on any atom is -0.374 e. The van der Waals surface area contributed by atoms with E-state index in [1.54, 1.807) is 0 Å². The zero-order chi connectivity index (χ0) is 10.2. The first kappa shape index (κ1) is 12.3. The van der Waals surface area contributed by atoms with Crippen LogP contribution in [0.2, 0.25) is 0 Å². The number of nitrogens with one attached hydrogen (secondary N) is 1. The van der Waals surface area contributed by atoms with Gasteiger partial charge in [0.1, 0.15) is 0 Å². The third-order valence-electron chi connectivity index (χ3n) is 2.41. The number of likely N-dealkylation sites (N-methyl/N-ethyl adjacent to an activating group) is 1. The van der Waals surface area contributed by atoms with Gasteiger partial charge in [0.2, 0.25) is 0 Å². The van der Waals surface area contributed by atoms with Crippen LogP contribution in [0.25, 0.3) is 0 Å². The van der Waals surface area contributed by atoms with E-state index in [4.69, 9.17) is 4.74 Å². The summed E-state index contributed by atoms with van der Waals surface area (Å²) in [4.78, 5) is 2.51. The van der Waals surface area contributed by atoms with Crippen LogP contribution in [-0.4, -0.2) is 62.3 Å². The van der Waals surface area contributed by atoms with Gasteiger partial charge in [-0.05, 0) is 12.8 Å². The molecule has 0 amide bonds. The summed E-state index contributed by atoms with van der Waals surface area (Å²) in [6.07, 6.45) is 0.389. The van der Waals surface area contributed by atoms with Crippen LogP contribution in [0.15, 0.2) is 0 Å². The lowest BCUT2D eigenvalue weighted by atomic mass is 10.2. The molecule has 1 rings (SSSR count). The van der Waals surface area contributed by atoms with Crippen molar-refractivity contribution in [3.63, 3.8) is 0 Å². The maximum absolute atomic E-state index is 5.64. The fourth-order valence-corrected chi connectivity index (χ4v) is 2.35. The summed E-state index contributed by atoms with van der Waals surface area (Å²) >= 11 is 2.02. The van der Waals surface area contributed by atoms with Crippen molar-refractivity contribution in [2.24, 2.45) is 0 Å². The zero-order valence-corrected chi connectivity index (χ0v) is 10.1. The third-order valence-corrected chi connectivity index (χ3v) is 3.29. The molecule has 1 unspecified atom stereocenters. The molecular weight excluding hydrogens is 196 g/mol. The number of hydrogen-bond acceptors (Lipinski definition) is 4. The molecule has 1 saturated heterocycles. The van der Waals surface area contributed by atoms with Gasteiger partial charge in [0.15, 0.2) is 0 Å². The quantitative estimate of drug-likeness (QED) is 0.662. The first-order chi connectivity index (χ1) is 6.86. The summed E-state index contributed by atoms with van der Waals surface area (Å²) in [5, 5.41) is 3.17. The first-order valence-corrected chi connectivity index (χ1v) is 6.58. The first-order valence-electron chi connectivity index (χ1n) is 5.43. The smallest absolute Gasteiger partial charge is 0.0826 e. The lowest BCUT2D eigenvalue weighted by molar-refractivity contribution is -0.0240. The summed E-state index contributed by atoms with van der Waals surface area (Å²) in [6.45, 7) is 7.48. The van der Waals surface area contributed by atoms with E-state index in [9.17, 15) is 0 Å². The molecular formula is C10H22N2OS. The van der Waals surface area contributed by atoms with Crippen molar-refractivity contribution in [3.8, 4) is 0 Å². The van der Waals surface area contributed by atoms with Crippen molar-refractivity contribution < 1.29 is 4.74 Å². The van der Waals surface area contributed by atoms with Gasteiger partial charge >= 0.3 is 0 Å². The second-order valence-corrected chi connectivity index (χ2v) is 4.94. The topological polar surface area (TPSA) is 24.5 Å². The molecule has 0 aliphatic carbocycles. The van der Waals surface area contributed by atoms with Crippen molar-refractivity contribution in [3.05, 3.63) is 0 Å². The Morgan fingerprint density at radius 3 is 3.14 bits per heavy atom. The number of morpholine rings is 1. The molecule has 1 fully saturated rings. The van der Waals surface area contributed by atoms with Gasteiger partial charge in [-0.25, -0.2) is 0 Å². The molecule has 0 saturated carbocycles. The van der Waals surface area contributed by atoms with Crippen LogP contribution in [0, 0.1) is 0 Å². The van der Waals surface area contributed by atoms with Gasteiger partial charge in [-0.2, -0.15) is 11.8 Å². The van der Waals surface area contributed by atoms with E-state index in [0.29, 0.717) is 6.10 Å². The maximum Gasteiger partial charge on any atom is 0.0826 e. The molecule has 4 heteroatoms. The summed E-state index contributed by atoms with van der Waals surface area (Å²) in [5.74, 6) is 2.48. The Bertz CT molecular complexity index is 144. The van der Waals surface area contributed by atoms with Crippen LogP contribution in [-0.2, 0) is 4.74 Å². The second kappa shape index (κ2) is 7.51. The highest BCUT2D eigenvalue weighted by molar-refractivity contribution is 7.99. The predicted molar refractivity (Wildman–Crippen MR) is 63.1 cm³/mol. The van der Waals surface area contributed by atoms with Gasteiger partial charge < -0.3 is 10.1 Å². The van der Waals surface area contributed by atoms with Crippen LogP contribution >= 0.6 is 11.8 Å². The Kier molecular flexibility index (Phi) is 6.60. The van der Waals surface area contributed by atoms with Gasteiger partial charge in [0.25, 0.3) is 0 Å². The molecule has 0 aromatic heterocycles. The van der Waals surface area contributed by atoms with Crippen molar-refractivity contribution in [1.29, 1.82) is 0 Å². The van der Waals surface area contributed by atoms with E-state index in [-0.39, 0.29) is 0 Å². The predicted octanol–water partition coefficient (Wildman–Crippen LogP) is 0.660. The monoisotopic (exact) mass is 218 g/mol. The second-order valence-electron chi connectivity index (χ2n) is 3.55. The van der Waals surface area contributed by atoms with E-state index in [1.807, 2.05) is 18.8 Å². The molecule has 0 radical (unpaired) electrons. The van der Waals surface area contributed by atoms with E-state index in [1.165, 1.54) is 18.1 Å². The molecule has 1 heterocycles. The number of hydrogen-bond donors (Lipinski definition) is 1. The molecule has 1 N–H and O–H groups in total. The Balaban J connectivity index is 2.12. The molecule has 0 aromatic rings. The van der Waals surface area contributed by atoms with Crippen LogP contribution in [0.5, 0.6) is 0 Å². The van der Waals surface area contributed by atoms with Crippen LogP contribution in [0.4, 0.5) is 0 Å². The van der Waals surface area contributed by atoms with E-state index in [0.717, 1.165) is 26.2 Å². The van der Waals surface area contributed by atoms with Crippen molar-refractivity contribution in [2.45, 2.75) is 13.0 Å². The van der Waals surface area contributed by atoms with Gasteiger partial charge in [-0.3, -0.25) is 4.90 Å². The van der Waals surface area contributed by atoms with Crippen molar-refractivity contribution >= 4 is 11.8 Å². The maximum atomic E-state index is 5.64. The molecule has 3 nitrogen and oxygen atoms in total. The lowest BCUT2D eigenvalue weighted by Crippen LogP contribution is -2.46. The normalized spacial score (nSPS) is 24.0. The van der Waals surface area contributed by atoms with Gasteiger partial charge in [-0.1, -0.05) is 6.92 Å². The fourth-order valence-electron chi connectivity index (χ4n) is 1.67. The molecule has 14 heavy (non-hydrogen) atoms. The molecule has 84 valence electrons. The lowest BCUT2D eigenvalue weighted by Gasteiger charge is -2.32. The highest BCUT2D eigenvalue weighted by Crippen LogP contribution is 2.06. The number of rotatable bonds is 6. The van der Waals surface area contributed by atoms with E-state index < -0.39 is 0 Å². The van der Waals surface area contributed by atoms with Crippen LogP contribution in [0.3, 0.4) is 0 Å². The Labute approximate surface area is 91.6 Å². The minimum absolute atomic E-state index is 0.389. The summed E-state index contributed by atoms with van der Waals surface area (Å²) in [6, 6.07) is 0. The average molecular weight is 218 g/mol. The SMILES string of the molecule is CCSCCN1CCOC(CNC)C1. The fraction of sp³-hybridized carbons (Fsp3) is 1.00. The van der Waals surface area contributed by atoms with E-state index >= 15 is 0 Å². The molecule has 1 aliphatic rings. The Morgan fingerprint density at radius 1 is 1.57 bits per heavy atom. The largest absolute Gasteiger partial charge is 0.374 e. The zero-order valence-electron chi connectivity index (χ0n) is 9.29. The summed E-state index contributed by atoms with van der Waals surface area (Å²) < 4.78 is 5.64. The highest BCUT2D eigenvalue weighted by atomic mass is 32.2. The van der Waals surface area contributed by atoms with Gasteiger partial charge in [-0.15, -0.1) is 0 Å². The van der Waals surface area contributed by atoms with Crippen molar-refractivity contribution in [1.82, 2.24) is 10.2 Å². The number of nitrogens with zero attached hydrogens (tertiary/aromatic N) is 1. The molecule has 0 aromatic carbocycles. The molecule has 1 atom stereocenters. The summed E-state index contributed by atoms with van der Waals surface area (Å²) in [7, 11) is 1.98. The number of thioether (sulfide) groups is 1.